The molecule has 4 heteroatoms. The van der Waals surface area contributed by atoms with Gasteiger partial charge in [0.2, 0.25) is 0 Å². The number of nitrogens with zero attached hydrogens (tertiary/aromatic N) is 2. The average Bonchev–Trinajstić information content (AvgIpc) is 2.31. The normalized spacial score (nSPS) is 13.8. The predicted molar refractivity (Wildman–Crippen MR) is 75.7 cm³/mol. The number of carbonyl (C=O) groups is 1. The molecule has 102 valence electrons. The summed E-state index contributed by atoms with van der Waals surface area (Å²) in [5.41, 5.74) is 0. The molecule has 4 nitrogen and oxygen atoms in total. The first-order chi connectivity index (χ1) is 8.52. The fourth-order valence-electron chi connectivity index (χ4n) is 1.49. The third-order valence-corrected chi connectivity index (χ3v) is 2.54. The second kappa shape index (κ2) is 9.62. The summed E-state index contributed by atoms with van der Waals surface area (Å²) in [6, 6.07) is -0.579. The summed E-state index contributed by atoms with van der Waals surface area (Å²) in [6.45, 7) is 7.81. The Balaban J connectivity index is 4.62. The van der Waals surface area contributed by atoms with Crippen molar-refractivity contribution in [3.63, 3.8) is 0 Å². The molecule has 1 N–H and O–H groups in total. The van der Waals surface area contributed by atoms with E-state index in [-0.39, 0.29) is 0 Å². The van der Waals surface area contributed by atoms with Crippen molar-refractivity contribution in [3.05, 3.63) is 37.0 Å². The third kappa shape index (κ3) is 7.04. The highest BCUT2D eigenvalue weighted by Gasteiger charge is 2.20. The maximum atomic E-state index is 11.3. The van der Waals surface area contributed by atoms with Crippen LogP contribution in [-0.2, 0) is 4.79 Å². The van der Waals surface area contributed by atoms with E-state index in [0.717, 1.165) is 13.1 Å². The van der Waals surface area contributed by atoms with Crippen molar-refractivity contribution in [2.75, 3.05) is 33.7 Å². The van der Waals surface area contributed by atoms with Crippen LogP contribution < -0.4 is 0 Å². The van der Waals surface area contributed by atoms with E-state index in [4.69, 9.17) is 0 Å². The number of hydrogen-bond donors (Lipinski definition) is 1. The van der Waals surface area contributed by atoms with Crippen LogP contribution in [0.1, 0.15) is 6.92 Å². The van der Waals surface area contributed by atoms with E-state index < -0.39 is 12.0 Å². The number of hydrogen-bond acceptors (Lipinski definition) is 3. The van der Waals surface area contributed by atoms with E-state index in [0.29, 0.717) is 6.54 Å². The van der Waals surface area contributed by atoms with E-state index in [1.807, 2.05) is 30.8 Å². The number of aliphatic carboxylic acids is 1. The van der Waals surface area contributed by atoms with Crippen molar-refractivity contribution in [1.82, 2.24) is 9.80 Å². The van der Waals surface area contributed by atoms with Crippen LogP contribution in [-0.4, -0.2) is 60.6 Å². The maximum Gasteiger partial charge on any atom is 0.324 e. The van der Waals surface area contributed by atoms with Crippen LogP contribution in [0.15, 0.2) is 37.0 Å². The van der Waals surface area contributed by atoms with Gasteiger partial charge in [-0.3, -0.25) is 9.69 Å². The van der Waals surface area contributed by atoms with Crippen molar-refractivity contribution in [2.45, 2.75) is 13.0 Å². The molecule has 0 amide bonds. The van der Waals surface area contributed by atoms with Crippen molar-refractivity contribution >= 4 is 5.97 Å². The van der Waals surface area contributed by atoms with Crippen LogP contribution >= 0.6 is 0 Å². The van der Waals surface area contributed by atoms with Gasteiger partial charge < -0.3 is 10.0 Å². The molecule has 0 aromatic carbocycles. The Bertz CT molecular complexity index is 309. The molecule has 0 heterocycles. The minimum Gasteiger partial charge on any atom is -0.480 e. The summed E-state index contributed by atoms with van der Waals surface area (Å²) >= 11 is 0. The number of allylic oxidation sites excluding steroid dienone is 4. The largest absolute Gasteiger partial charge is 0.480 e. The summed E-state index contributed by atoms with van der Waals surface area (Å²) in [4.78, 5) is 15.2. The Morgan fingerprint density at radius 3 is 2.39 bits per heavy atom. The van der Waals surface area contributed by atoms with E-state index >= 15 is 0 Å². The molecule has 0 saturated carbocycles. The number of rotatable bonds is 9. The number of carboxylic acid groups (broad SMARTS) is 1. The Hall–Kier alpha value is -1.39. The van der Waals surface area contributed by atoms with Crippen molar-refractivity contribution in [3.8, 4) is 0 Å². The Morgan fingerprint density at radius 1 is 1.28 bits per heavy atom. The van der Waals surface area contributed by atoms with Crippen molar-refractivity contribution < 1.29 is 9.90 Å². The van der Waals surface area contributed by atoms with Crippen LogP contribution in [0.3, 0.4) is 0 Å². The standard InChI is InChI=1S/C14H24N2O2/c1-5-7-8-9-10-13(14(17)18)16(6-2)12-11-15(3)4/h5,7-10,13H,1,6,11-12H2,2-4H3,(H,17,18)/b8-7-,10-9+. The summed E-state index contributed by atoms with van der Waals surface area (Å²) in [6.07, 6.45) is 8.65. The second-order valence-electron chi connectivity index (χ2n) is 4.22. The van der Waals surface area contributed by atoms with Crippen molar-refractivity contribution in [1.29, 1.82) is 0 Å². The molecule has 0 aliphatic heterocycles. The van der Waals surface area contributed by atoms with Crippen LogP contribution in [0, 0.1) is 0 Å². The van der Waals surface area contributed by atoms with Gasteiger partial charge in [-0.25, -0.2) is 0 Å². The van der Waals surface area contributed by atoms with Gasteiger partial charge >= 0.3 is 5.97 Å². The molecule has 1 atom stereocenters. The number of carboxylic acids is 1. The van der Waals surface area contributed by atoms with E-state index in [1.165, 1.54) is 0 Å². The zero-order valence-electron chi connectivity index (χ0n) is 11.5. The van der Waals surface area contributed by atoms with Gasteiger partial charge in [-0.05, 0) is 20.6 Å². The monoisotopic (exact) mass is 252 g/mol. The molecule has 18 heavy (non-hydrogen) atoms. The van der Waals surface area contributed by atoms with Crippen LogP contribution in [0.5, 0.6) is 0 Å². The second-order valence-corrected chi connectivity index (χ2v) is 4.22. The Labute approximate surface area is 110 Å². The van der Waals surface area contributed by atoms with E-state index in [9.17, 15) is 9.90 Å². The Kier molecular flexibility index (Phi) is 8.88. The zero-order valence-corrected chi connectivity index (χ0v) is 11.5. The SMILES string of the molecule is C=C/C=C\C=C\C(C(=O)O)N(CC)CCN(C)C. The highest BCUT2D eigenvalue weighted by molar-refractivity contribution is 5.75. The lowest BCUT2D eigenvalue weighted by Gasteiger charge is -2.26. The highest BCUT2D eigenvalue weighted by atomic mass is 16.4. The van der Waals surface area contributed by atoms with E-state index in [2.05, 4.69) is 6.58 Å². The first-order valence-corrected chi connectivity index (χ1v) is 6.10. The summed E-state index contributed by atoms with van der Waals surface area (Å²) < 4.78 is 0. The van der Waals surface area contributed by atoms with Gasteiger partial charge in [0.1, 0.15) is 6.04 Å². The molecular weight excluding hydrogens is 228 g/mol. The smallest absolute Gasteiger partial charge is 0.324 e. The van der Waals surface area contributed by atoms with Gasteiger partial charge in [-0.2, -0.15) is 0 Å². The maximum absolute atomic E-state index is 11.3. The fraction of sp³-hybridized carbons (Fsp3) is 0.500. The predicted octanol–water partition coefficient (Wildman–Crippen LogP) is 1.62. The van der Waals surface area contributed by atoms with Gasteiger partial charge in [0.25, 0.3) is 0 Å². The van der Waals surface area contributed by atoms with Gasteiger partial charge in [-0.15, -0.1) is 0 Å². The molecule has 1 unspecified atom stereocenters. The lowest BCUT2D eigenvalue weighted by Crippen LogP contribution is -2.43. The lowest BCUT2D eigenvalue weighted by atomic mass is 10.2. The van der Waals surface area contributed by atoms with Crippen LogP contribution in [0.2, 0.25) is 0 Å². The van der Waals surface area contributed by atoms with Gasteiger partial charge in [0, 0.05) is 13.1 Å². The van der Waals surface area contributed by atoms with Crippen molar-refractivity contribution in [2.24, 2.45) is 0 Å². The third-order valence-electron chi connectivity index (χ3n) is 2.54. The first kappa shape index (κ1) is 16.6. The van der Waals surface area contributed by atoms with Gasteiger partial charge in [-0.1, -0.05) is 43.9 Å². The summed E-state index contributed by atoms with van der Waals surface area (Å²) in [5.74, 6) is -0.821. The number of likely N-dealkylation sites (N-methyl/N-ethyl adjacent to an activating group) is 2. The molecule has 0 aliphatic rings. The molecule has 0 aromatic heterocycles. The molecule has 0 saturated heterocycles. The molecule has 0 fully saturated rings. The minimum absolute atomic E-state index is 0.579. The molecule has 0 aliphatic carbocycles. The molecular formula is C14H24N2O2. The quantitative estimate of drug-likeness (QED) is 0.633. The minimum atomic E-state index is -0.821. The molecule has 0 bridgehead atoms. The molecule has 0 radical (unpaired) electrons. The summed E-state index contributed by atoms with van der Waals surface area (Å²) in [7, 11) is 3.96. The summed E-state index contributed by atoms with van der Waals surface area (Å²) in [5, 5.41) is 9.25. The average molecular weight is 252 g/mol. The fourth-order valence-corrected chi connectivity index (χ4v) is 1.49. The molecule has 0 spiro atoms. The zero-order chi connectivity index (χ0) is 14.0. The molecule has 0 rings (SSSR count). The highest BCUT2D eigenvalue weighted by Crippen LogP contribution is 2.02. The van der Waals surface area contributed by atoms with Crippen LogP contribution in [0.4, 0.5) is 0 Å². The first-order valence-electron chi connectivity index (χ1n) is 6.10. The van der Waals surface area contributed by atoms with E-state index in [1.54, 1.807) is 30.4 Å². The molecule has 0 aromatic rings. The van der Waals surface area contributed by atoms with Gasteiger partial charge in [0.15, 0.2) is 0 Å². The van der Waals surface area contributed by atoms with Gasteiger partial charge in [0.05, 0.1) is 0 Å². The lowest BCUT2D eigenvalue weighted by molar-refractivity contribution is -0.141. The topological polar surface area (TPSA) is 43.8 Å². The van der Waals surface area contributed by atoms with Crippen LogP contribution in [0.25, 0.3) is 0 Å². The Morgan fingerprint density at radius 2 is 1.94 bits per heavy atom.